The van der Waals surface area contributed by atoms with Gasteiger partial charge in [0.1, 0.15) is 17.5 Å². The van der Waals surface area contributed by atoms with Gasteiger partial charge in [0.25, 0.3) is 0 Å². The summed E-state index contributed by atoms with van der Waals surface area (Å²) < 4.78 is 5.41. The number of ether oxygens (including phenoxy) is 1. The van der Waals surface area contributed by atoms with Crippen molar-refractivity contribution in [3.8, 4) is 0 Å². The molecule has 2 heterocycles. The predicted octanol–water partition coefficient (Wildman–Crippen LogP) is 2.38. The van der Waals surface area contributed by atoms with Gasteiger partial charge in [-0.25, -0.2) is 4.98 Å². The third-order valence-corrected chi connectivity index (χ3v) is 2.74. The van der Waals surface area contributed by atoms with Crippen molar-refractivity contribution in [2.75, 3.05) is 30.4 Å². The second-order valence-corrected chi connectivity index (χ2v) is 4.41. The number of hydrogen-bond donors (Lipinski definition) is 4. The molecule has 2 aromatic rings. The number of nitrogens with zero attached hydrogens (tertiary/aromatic N) is 2. The number of anilines is 3. The van der Waals surface area contributed by atoms with Gasteiger partial charge in [-0.1, -0.05) is 6.92 Å². The van der Waals surface area contributed by atoms with Crippen molar-refractivity contribution in [2.24, 2.45) is 0 Å². The minimum atomic E-state index is 0.605. The molecule has 0 bridgehead atoms. The summed E-state index contributed by atoms with van der Waals surface area (Å²) in [6.07, 6.45) is 3.93. The van der Waals surface area contributed by atoms with E-state index in [0.29, 0.717) is 24.5 Å². The van der Waals surface area contributed by atoms with Crippen LogP contribution in [0, 0.1) is 5.41 Å². The van der Waals surface area contributed by atoms with Gasteiger partial charge in [0.2, 0.25) is 0 Å². The van der Waals surface area contributed by atoms with Gasteiger partial charge in [-0.3, -0.25) is 5.10 Å². The first kappa shape index (κ1) is 15.0. The van der Waals surface area contributed by atoms with Gasteiger partial charge in [-0.05, 0) is 18.6 Å². The van der Waals surface area contributed by atoms with Crippen molar-refractivity contribution < 1.29 is 4.74 Å². The van der Waals surface area contributed by atoms with Gasteiger partial charge in [0, 0.05) is 31.0 Å². The molecular weight excluding hydrogens is 268 g/mol. The zero-order valence-electron chi connectivity index (χ0n) is 12.0. The Morgan fingerprint density at radius 1 is 1.33 bits per heavy atom. The summed E-state index contributed by atoms with van der Waals surface area (Å²) in [6, 6.07) is 5.49. The Hall–Kier alpha value is -2.41. The summed E-state index contributed by atoms with van der Waals surface area (Å²) in [5, 5.41) is 20.4. The molecule has 0 spiro atoms. The van der Waals surface area contributed by atoms with E-state index in [1.165, 1.54) is 6.21 Å². The molecule has 7 nitrogen and oxygen atoms in total. The van der Waals surface area contributed by atoms with Gasteiger partial charge >= 0.3 is 0 Å². The van der Waals surface area contributed by atoms with Crippen molar-refractivity contribution in [2.45, 2.75) is 13.3 Å². The average molecular weight is 288 g/mol. The average Bonchev–Trinajstić information content (AvgIpc) is 3.00. The zero-order valence-corrected chi connectivity index (χ0v) is 12.0. The summed E-state index contributed by atoms with van der Waals surface area (Å²) in [6.45, 7) is 4.19. The number of H-pyrrole nitrogens is 1. The summed E-state index contributed by atoms with van der Waals surface area (Å²) in [4.78, 5) is 4.46. The Morgan fingerprint density at radius 2 is 2.24 bits per heavy atom. The van der Waals surface area contributed by atoms with E-state index >= 15 is 0 Å². The molecule has 2 aromatic heterocycles. The van der Waals surface area contributed by atoms with Crippen LogP contribution in [0.2, 0.25) is 0 Å². The number of pyridine rings is 1. The first-order chi connectivity index (χ1) is 10.3. The number of rotatable bonds is 9. The maximum absolute atomic E-state index is 7.43. The number of nitrogens with one attached hydrogen (secondary N) is 4. The molecule has 112 valence electrons. The number of aromatic amines is 1. The fourth-order valence-electron chi connectivity index (χ4n) is 1.74. The molecule has 0 saturated heterocycles. The van der Waals surface area contributed by atoms with Gasteiger partial charge in [0.15, 0.2) is 0 Å². The smallest absolute Gasteiger partial charge is 0.142 e. The Labute approximate surface area is 123 Å². The monoisotopic (exact) mass is 288 g/mol. The van der Waals surface area contributed by atoms with E-state index in [1.54, 1.807) is 12.3 Å². The molecule has 4 N–H and O–H groups in total. The van der Waals surface area contributed by atoms with Crippen molar-refractivity contribution >= 4 is 23.7 Å². The van der Waals surface area contributed by atoms with Crippen LogP contribution in [0.3, 0.4) is 0 Å². The van der Waals surface area contributed by atoms with Gasteiger partial charge in [0.05, 0.1) is 12.8 Å². The molecular formula is C14H20N6O. The Kier molecular flexibility index (Phi) is 5.71. The molecule has 0 aromatic carbocycles. The zero-order chi connectivity index (χ0) is 14.9. The van der Waals surface area contributed by atoms with Crippen LogP contribution in [0.5, 0.6) is 0 Å². The van der Waals surface area contributed by atoms with Crippen LogP contribution in [0.1, 0.15) is 18.9 Å². The van der Waals surface area contributed by atoms with Crippen LogP contribution in [0.25, 0.3) is 0 Å². The van der Waals surface area contributed by atoms with E-state index in [0.717, 1.165) is 24.7 Å². The number of aromatic nitrogens is 3. The minimum Gasteiger partial charge on any atom is -0.380 e. The molecule has 0 fully saturated rings. The van der Waals surface area contributed by atoms with Gasteiger partial charge < -0.3 is 20.8 Å². The van der Waals surface area contributed by atoms with Crippen molar-refractivity contribution in [3.63, 3.8) is 0 Å². The molecule has 0 aliphatic rings. The molecule has 0 radical (unpaired) electrons. The van der Waals surface area contributed by atoms with Crippen LogP contribution in [-0.4, -0.2) is 41.2 Å². The van der Waals surface area contributed by atoms with E-state index in [2.05, 4.69) is 32.7 Å². The highest BCUT2D eigenvalue weighted by atomic mass is 16.5. The van der Waals surface area contributed by atoms with Crippen molar-refractivity contribution in [1.82, 2.24) is 15.2 Å². The summed E-state index contributed by atoms with van der Waals surface area (Å²) in [7, 11) is 0. The largest absolute Gasteiger partial charge is 0.380 e. The molecule has 7 heteroatoms. The summed E-state index contributed by atoms with van der Waals surface area (Å²) >= 11 is 0. The highest BCUT2D eigenvalue weighted by molar-refractivity contribution is 5.86. The van der Waals surface area contributed by atoms with E-state index in [1.807, 2.05) is 12.1 Å². The highest BCUT2D eigenvalue weighted by Gasteiger charge is 2.05. The fraction of sp³-hybridized carbons (Fsp3) is 0.357. The lowest BCUT2D eigenvalue weighted by molar-refractivity contribution is 0.144. The molecule has 0 unspecified atom stereocenters. The molecule has 0 aliphatic carbocycles. The molecule has 0 amide bonds. The molecule has 0 atom stereocenters. The van der Waals surface area contributed by atoms with Crippen molar-refractivity contribution in [1.29, 1.82) is 5.41 Å². The first-order valence-electron chi connectivity index (χ1n) is 6.93. The molecule has 21 heavy (non-hydrogen) atoms. The third kappa shape index (κ3) is 4.57. The lowest BCUT2D eigenvalue weighted by Gasteiger charge is -2.10. The molecule has 0 aliphatic heterocycles. The van der Waals surface area contributed by atoms with Gasteiger partial charge in [-0.15, -0.1) is 0 Å². The standard InChI is InChI=1S/C14H20N6O/c1-2-8-21-9-7-16-12-4-3-11(10-15)14(18-12)19-13-5-6-17-20-13/h3-6,10,15H,2,7-9H2,1H3,(H3,16,17,18,19,20). The normalized spacial score (nSPS) is 10.3. The highest BCUT2D eigenvalue weighted by Crippen LogP contribution is 2.18. The van der Waals surface area contributed by atoms with Crippen LogP contribution in [0.4, 0.5) is 17.5 Å². The van der Waals surface area contributed by atoms with E-state index in [4.69, 9.17) is 10.1 Å². The second-order valence-electron chi connectivity index (χ2n) is 4.41. The Bertz CT molecular complexity index is 555. The van der Waals surface area contributed by atoms with Crippen LogP contribution < -0.4 is 10.6 Å². The topological polar surface area (TPSA) is 98.7 Å². The predicted molar refractivity (Wildman–Crippen MR) is 83.6 cm³/mol. The van der Waals surface area contributed by atoms with Crippen LogP contribution in [0.15, 0.2) is 24.4 Å². The fourth-order valence-corrected chi connectivity index (χ4v) is 1.74. The van der Waals surface area contributed by atoms with Crippen molar-refractivity contribution in [3.05, 3.63) is 30.0 Å². The quantitative estimate of drug-likeness (QED) is 0.419. The first-order valence-corrected chi connectivity index (χ1v) is 6.93. The maximum Gasteiger partial charge on any atom is 0.142 e. The van der Waals surface area contributed by atoms with E-state index < -0.39 is 0 Å². The lowest BCUT2D eigenvalue weighted by atomic mass is 10.2. The molecule has 0 saturated carbocycles. The SMILES string of the molecule is CCCOCCNc1ccc(C=N)c(Nc2ccn[nH]2)n1. The Morgan fingerprint density at radius 3 is 2.95 bits per heavy atom. The summed E-state index contributed by atoms with van der Waals surface area (Å²) in [5.74, 6) is 2.07. The number of hydrogen-bond acceptors (Lipinski definition) is 6. The molecule has 2 rings (SSSR count). The van der Waals surface area contributed by atoms with Gasteiger partial charge in [-0.2, -0.15) is 5.10 Å². The lowest BCUT2D eigenvalue weighted by Crippen LogP contribution is -2.11. The van der Waals surface area contributed by atoms with Crippen LogP contribution in [-0.2, 0) is 4.74 Å². The third-order valence-electron chi connectivity index (χ3n) is 2.74. The van der Waals surface area contributed by atoms with E-state index in [-0.39, 0.29) is 0 Å². The Balaban J connectivity index is 1.98. The minimum absolute atomic E-state index is 0.605. The van der Waals surface area contributed by atoms with Crippen LogP contribution >= 0.6 is 0 Å². The van der Waals surface area contributed by atoms with E-state index in [9.17, 15) is 0 Å². The second kappa shape index (κ2) is 8.01. The summed E-state index contributed by atoms with van der Waals surface area (Å²) in [5.41, 5.74) is 0.706. The maximum atomic E-state index is 7.43.